The number of carbonyl (C=O) groups excluding carboxylic acids is 1. The number of phenols is 1. The van der Waals surface area contributed by atoms with E-state index in [1.165, 1.54) is 0 Å². The molecule has 19 heavy (non-hydrogen) atoms. The molecule has 5 N–H and O–H groups in total. The third kappa shape index (κ3) is 3.36. The van der Waals surface area contributed by atoms with Gasteiger partial charge in [0, 0.05) is 6.07 Å². The Hall–Kier alpha value is -2.26. The van der Waals surface area contributed by atoms with Crippen molar-refractivity contribution in [2.45, 2.75) is 18.6 Å². The maximum absolute atomic E-state index is 13.2. The average molecular weight is 274 g/mol. The molecule has 0 fully saturated rings. The van der Waals surface area contributed by atoms with Crippen LogP contribution >= 0.6 is 0 Å². The molecule has 0 heterocycles. The van der Waals surface area contributed by atoms with Gasteiger partial charge in [-0.3, -0.25) is 14.9 Å². The van der Waals surface area contributed by atoms with Crippen LogP contribution in [0.1, 0.15) is 18.1 Å². The maximum atomic E-state index is 13.2. The number of aliphatic hydroxyl groups excluding tert-OH is 2. The Kier molecular flexibility index (Phi) is 4.35. The van der Waals surface area contributed by atoms with Crippen molar-refractivity contribution in [1.82, 2.24) is 0 Å². The van der Waals surface area contributed by atoms with Crippen LogP contribution in [0.4, 0.5) is 10.1 Å². The van der Waals surface area contributed by atoms with Gasteiger partial charge >= 0.3 is 5.69 Å². The van der Waals surface area contributed by atoms with E-state index >= 15 is 0 Å². The Bertz CT molecular complexity index is 521. The number of aliphatic hydroxyl groups is 2. The van der Waals surface area contributed by atoms with Crippen LogP contribution in [0.5, 0.6) is 5.75 Å². The first-order valence-corrected chi connectivity index (χ1v) is 5.05. The van der Waals surface area contributed by atoms with Crippen LogP contribution in [-0.4, -0.2) is 32.3 Å². The summed E-state index contributed by atoms with van der Waals surface area (Å²) in [6.07, 6.45) is -3.99. The molecule has 1 aromatic rings. The lowest BCUT2D eigenvalue weighted by Crippen LogP contribution is -2.25. The van der Waals surface area contributed by atoms with Crippen LogP contribution < -0.4 is 5.73 Å². The van der Waals surface area contributed by atoms with Crippen LogP contribution in [0.3, 0.4) is 0 Å². The van der Waals surface area contributed by atoms with Crippen molar-refractivity contribution in [2.24, 2.45) is 5.73 Å². The highest BCUT2D eigenvalue weighted by Gasteiger charge is 2.26. The van der Waals surface area contributed by atoms with E-state index in [-0.39, 0.29) is 5.56 Å². The fraction of sp³-hybridized carbons (Fsp3) is 0.300. The number of nitrogens with two attached hydrogens (primary N) is 1. The largest absolute Gasteiger partial charge is 0.500 e. The van der Waals surface area contributed by atoms with Gasteiger partial charge in [0.15, 0.2) is 5.82 Å². The van der Waals surface area contributed by atoms with E-state index in [1.807, 2.05) is 0 Å². The molecule has 0 radical (unpaired) electrons. The number of amides is 1. The number of nitro benzene ring substituents is 1. The molecular formula is C10H11FN2O6. The molecule has 2 unspecified atom stereocenters. The van der Waals surface area contributed by atoms with Gasteiger partial charge in [0.1, 0.15) is 6.10 Å². The van der Waals surface area contributed by atoms with Crippen molar-refractivity contribution in [3.8, 4) is 5.75 Å². The van der Waals surface area contributed by atoms with Gasteiger partial charge in [0.2, 0.25) is 11.7 Å². The lowest BCUT2D eigenvalue weighted by Gasteiger charge is -2.17. The minimum atomic E-state index is -1.75. The number of primary amides is 1. The number of phenolic OH excluding ortho intramolecular Hbond substituents is 1. The molecule has 0 saturated carbocycles. The number of hydrogen-bond donors (Lipinski definition) is 4. The van der Waals surface area contributed by atoms with E-state index in [9.17, 15) is 29.5 Å². The Morgan fingerprint density at radius 3 is 2.53 bits per heavy atom. The summed E-state index contributed by atoms with van der Waals surface area (Å²) >= 11 is 0. The lowest BCUT2D eigenvalue weighted by molar-refractivity contribution is -0.386. The fourth-order valence-corrected chi connectivity index (χ4v) is 1.45. The standard InChI is InChI=1S/C10H11FN2O6/c11-5-1-4(2-6(10(5)17)13(18)19)9(16)7(14)3-8(12)15/h1-2,7,9,14,16-17H,3H2,(H2,12,15). The van der Waals surface area contributed by atoms with E-state index in [2.05, 4.69) is 0 Å². The number of nitrogens with zero attached hydrogens (tertiary/aromatic N) is 1. The number of nitro groups is 1. The van der Waals surface area contributed by atoms with Crippen LogP contribution in [0.15, 0.2) is 12.1 Å². The first-order chi connectivity index (χ1) is 8.73. The number of rotatable bonds is 5. The quantitative estimate of drug-likeness (QED) is 0.428. The minimum absolute atomic E-state index is 0.351. The topological polar surface area (TPSA) is 147 Å². The van der Waals surface area contributed by atoms with Gasteiger partial charge in [-0.15, -0.1) is 0 Å². The van der Waals surface area contributed by atoms with Gasteiger partial charge in [-0.2, -0.15) is 0 Å². The Morgan fingerprint density at radius 2 is 2.05 bits per heavy atom. The maximum Gasteiger partial charge on any atom is 0.314 e. The number of benzene rings is 1. The molecule has 104 valence electrons. The molecule has 1 amide bonds. The second kappa shape index (κ2) is 5.59. The molecule has 1 rings (SSSR count). The predicted molar refractivity (Wildman–Crippen MR) is 59.5 cm³/mol. The summed E-state index contributed by atoms with van der Waals surface area (Å²) in [5.74, 6) is -3.40. The van der Waals surface area contributed by atoms with Crippen molar-refractivity contribution < 1.29 is 29.4 Å². The fourth-order valence-electron chi connectivity index (χ4n) is 1.45. The van der Waals surface area contributed by atoms with E-state index in [0.717, 1.165) is 0 Å². The molecule has 9 heteroatoms. The lowest BCUT2D eigenvalue weighted by atomic mass is 10.0. The highest BCUT2D eigenvalue weighted by atomic mass is 19.1. The summed E-state index contributed by atoms with van der Waals surface area (Å²) in [5, 5.41) is 38.7. The first-order valence-electron chi connectivity index (χ1n) is 5.05. The van der Waals surface area contributed by atoms with E-state index in [0.29, 0.717) is 12.1 Å². The Labute approximate surface area is 106 Å². The number of carbonyl (C=O) groups is 1. The zero-order valence-corrected chi connectivity index (χ0v) is 9.49. The van der Waals surface area contributed by atoms with Crippen molar-refractivity contribution in [1.29, 1.82) is 0 Å². The van der Waals surface area contributed by atoms with Gasteiger partial charge in [-0.05, 0) is 11.6 Å². The van der Waals surface area contributed by atoms with Crippen LogP contribution in [0, 0.1) is 15.9 Å². The van der Waals surface area contributed by atoms with Gasteiger partial charge in [-0.25, -0.2) is 4.39 Å². The van der Waals surface area contributed by atoms with Crippen molar-refractivity contribution >= 4 is 11.6 Å². The van der Waals surface area contributed by atoms with Crippen LogP contribution in [-0.2, 0) is 4.79 Å². The van der Waals surface area contributed by atoms with Crippen molar-refractivity contribution in [3.63, 3.8) is 0 Å². The second-order valence-electron chi connectivity index (χ2n) is 3.81. The molecule has 0 aliphatic heterocycles. The van der Waals surface area contributed by atoms with Gasteiger partial charge in [0.05, 0.1) is 17.4 Å². The summed E-state index contributed by atoms with van der Waals surface area (Å²) in [5.41, 5.74) is 3.50. The van der Waals surface area contributed by atoms with Gasteiger partial charge < -0.3 is 21.1 Å². The SMILES string of the molecule is NC(=O)CC(O)C(O)c1cc(F)c(O)c([N+](=O)[O-])c1. The molecule has 8 nitrogen and oxygen atoms in total. The molecule has 1 aromatic carbocycles. The number of halogens is 1. The smallest absolute Gasteiger partial charge is 0.314 e. The molecule has 2 atom stereocenters. The second-order valence-corrected chi connectivity index (χ2v) is 3.81. The number of hydrogen-bond acceptors (Lipinski definition) is 6. The summed E-state index contributed by atoms with van der Waals surface area (Å²) in [6.45, 7) is 0. The molecule has 0 aliphatic carbocycles. The summed E-state index contributed by atoms with van der Waals surface area (Å²) in [7, 11) is 0. The summed E-state index contributed by atoms with van der Waals surface area (Å²) in [4.78, 5) is 20.1. The molecule has 0 aromatic heterocycles. The normalized spacial score (nSPS) is 13.8. The molecule has 0 spiro atoms. The van der Waals surface area contributed by atoms with E-state index in [1.54, 1.807) is 0 Å². The number of aromatic hydroxyl groups is 1. The highest BCUT2D eigenvalue weighted by Crippen LogP contribution is 2.33. The summed E-state index contributed by atoms with van der Waals surface area (Å²) < 4.78 is 13.2. The van der Waals surface area contributed by atoms with Crippen LogP contribution in [0.2, 0.25) is 0 Å². The van der Waals surface area contributed by atoms with Crippen LogP contribution in [0.25, 0.3) is 0 Å². The predicted octanol–water partition coefficient (Wildman–Crippen LogP) is -0.291. The van der Waals surface area contributed by atoms with E-state index < -0.39 is 46.7 Å². The molecular weight excluding hydrogens is 263 g/mol. The minimum Gasteiger partial charge on any atom is -0.500 e. The molecule has 0 aliphatic rings. The van der Waals surface area contributed by atoms with E-state index in [4.69, 9.17) is 10.8 Å². The Morgan fingerprint density at radius 1 is 1.47 bits per heavy atom. The molecule has 0 bridgehead atoms. The summed E-state index contributed by atoms with van der Waals surface area (Å²) in [6, 6.07) is 1.32. The molecule has 0 saturated heterocycles. The first kappa shape index (κ1) is 14.8. The zero-order chi connectivity index (χ0) is 14.7. The van der Waals surface area contributed by atoms with Crippen molar-refractivity contribution in [2.75, 3.05) is 0 Å². The van der Waals surface area contributed by atoms with Gasteiger partial charge in [0.25, 0.3) is 0 Å². The van der Waals surface area contributed by atoms with Crippen molar-refractivity contribution in [3.05, 3.63) is 33.6 Å². The Balaban J connectivity index is 3.14. The third-order valence-electron chi connectivity index (χ3n) is 2.38. The monoisotopic (exact) mass is 274 g/mol. The average Bonchev–Trinajstić information content (AvgIpc) is 2.30. The zero-order valence-electron chi connectivity index (χ0n) is 9.49. The third-order valence-corrected chi connectivity index (χ3v) is 2.38. The highest BCUT2D eigenvalue weighted by molar-refractivity contribution is 5.74. The van der Waals surface area contributed by atoms with Gasteiger partial charge in [-0.1, -0.05) is 0 Å².